The largest absolute Gasteiger partial charge is 0.377 e. The fourth-order valence-corrected chi connectivity index (χ4v) is 5.26. The second-order valence-corrected chi connectivity index (χ2v) is 9.56. The summed E-state index contributed by atoms with van der Waals surface area (Å²) < 4.78 is 26.2. The summed E-state index contributed by atoms with van der Waals surface area (Å²) in [6, 6.07) is 4.32. The van der Waals surface area contributed by atoms with E-state index in [-0.39, 0.29) is 11.9 Å². The molecule has 2 N–H and O–H groups in total. The van der Waals surface area contributed by atoms with E-state index in [0.717, 1.165) is 72.1 Å². The van der Waals surface area contributed by atoms with Crippen LogP contribution in [-0.4, -0.2) is 91.7 Å². The van der Waals surface area contributed by atoms with Crippen LogP contribution in [0.15, 0.2) is 24.5 Å². The van der Waals surface area contributed by atoms with Gasteiger partial charge >= 0.3 is 0 Å². The van der Waals surface area contributed by atoms with Gasteiger partial charge in [0.2, 0.25) is 0 Å². The van der Waals surface area contributed by atoms with Crippen molar-refractivity contribution in [2.75, 3.05) is 61.6 Å². The van der Waals surface area contributed by atoms with Gasteiger partial charge in [-0.15, -0.1) is 0 Å². The quantitative estimate of drug-likeness (QED) is 0.539. The SMILES string of the molecule is Cc1cnc(-c2ccn[nH]2)c2nc(N3CCOC[C@H]3C)cc(N3CCN(CS(=O)O)CC3)c12. The molecule has 0 aliphatic carbocycles. The molecule has 0 spiro atoms. The molecule has 2 aliphatic rings. The summed E-state index contributed by atoms with van der Waals surface area (Å²) in [6.07, 6.45) is 3.62. The highest BCUT2D eigenvalue weighted by molar-refractivity contribution is 7.79. The van der Waals surface area contributed by atoms with Crippen LogP contribution in [0.2, 0.25) is 0 Å². The van der Waals surface area contributed by atoms with Gasteiger partial charge in [0.1, 0.15) is 22.9 Å². The highest BCUT2D eigenvalue weighted by atomic mass is 32.2. The molecule has 0 saturated carbocycles. The average Bonchev–Trinajstić information content (AvgIpc) is 3.34. The molecule has 33 heavy (non-hydrogen) atoms. The topological polar surface area (TPSA) is 111 Å². The first kappa shape index (κ1) is 22.2. The summed E-state index contributed by atoms with van der Waals surface area (Å²) in [6.45, 7) is 9.37. The molecule has 1 unspecified atom stereocenters. The minimum absolute atomic E-state index is 0.189. The molecular formula is C22H29N7O3S. The van der Waals surface area contributed by atoms with Gasteiger partial charge in [0.15, 0.2) is 11.1 Å². The molecule has 176 valence electrons. The Morgan fingerprint density at radius 2 is 2.09 bits per heavy atom. The van der Waals surface area contributed by atoms with Gasteiger partial charge in [0, 0.05) is 56.6 Å². The van der Waals surface area contributed by atoms with Crippen LogP contribution in [0.5, 0.6) is 0 Å². The maximum Gasteiger partial charge on any atom is 0.167 e. The Morgan fingerprint density at radius 3 is 2.79 bits per heavy atom. The smallest absolute Gasteiger partial charge is 0.167 e. The van der Waals surface area contributed by atoms with Gasteiger partial charge in [-0.05, 0) is 25.5 Å². The zero-order valence-electron chi connectivity index (χ0n) is 18.9. The van der Waals surface area contributed by atoms with Crippen LogP contribution in [0, 0.1) is 6.92 Å². The molecule has 2 saturated heterocycles. The van der Waals surface area contributed by atoms with Gasteiger partial charge in [-0.1, -0.05) is 0 Å². The number of aryl methyl sites for hydroxylation is 1. The standard InChI is InChI=1S/C22H29N7O3S/c1-15-12-23-21(17-3-4-24-26-17)22-20(15)18(28-7-5-27(6-8-28)14-33(30)31)11-19(25-22)29-9-10-32-13-16(29)2/h3-4,11-12,16H,5-10,13-14H2,1-2H3,(H,24,26)(H,30,31)/t16-/m1/s1. The maximum atomic E-state index is 11.3. The summed E-state index contributed by atoms with van der Waals surface area (Å²) in [5, 5.41) is 8.23. The summed E-state index contributed by atoms with van der Waals surface area (Å²) in [5.41, 5.74) is 4.66. The van der Waals surface area contributed by atoms with Crippen LogP contribution >= 0.6 is 0 Å². The lowest BCUT2D eigenvalue weighted by atomic mass is 10.0. The molecular weight excluding hydrogens is 442 g/mol. The van der Waals surface area contributed by atoms with E-state index in [9.17, 15) is 8.76 Å². The number of morpholine rings is 1. The highest BCUT2D eigenvalue weighted by Gasteiger charge is 2.26. The van der Waals surface area contributed by atoms with Crippen molar-refractivity contribution in [2.24, 2.45) is 0 Å². The third-order valence-electron chi connectivity index (χ3n) is 6.41. The minimum Gasteiger partial charge on any atom is -0.377 e. The van der Waals surface area contributed by atoms with E-state index in [1.54, 1.807) is 6.20 Å². The molecule has 5 rings (SSSR count). The van der Waals surface area contributed by atoms with Gasteiger partial charge < -0.3 is 19.1 Å². The number of H-pyrrole nitrogens is 1. The predicted molar refractivity (Wildman–Crippen MR) is 129 cm³/mol. The summed E-state index contributed by atoms with van der Waals surface area (Å²) in [5.74, 6) is 1.11. The zero-order chi connectivity index (χ0) is 22.9. The number of rotatable bonds is 5. The zero-order valence-corrected chi connectivity index (χ0v) is 19.7. The fourth-order valence-electron chi connectivity index (χ4n) is 4.69. The van der Waals surface area contributed by atoms with E-state index in [2.05, 4.69) is 39.9 Å². The predicted octanol–water partition coefficient (Wildman–Crippen LogP) is 1.85. The lowest BCUT2D eigenvalue weighted by Gasteiger charge is -2.38. The second-order valence-electron chi connectivity index (χ2n) is 8.66. The Bertz CT molecular complexity index is 1150. The molecule has 0 radical (unpaired) electrons. The third kappa shape index (κ3) is 4.45. The molecule has 11 heteroatoms. The molecule has 3 aromatic heterocycles. The van der Waals surface area contributed by atoms with Crippen molar-refractivity contribution in [1.29, 1.82) is 0 Å². The number of hydrogen-bond acceptors (Lipinski definition) is 8. The monoisotopic (exact) mass is 471 g/mol. The molecule has 5 heterocycles. The van der Waals surface area contributed by atoms with Gasteiger partial charge in [0.25, 0.3) is 0 Å². The number of hydrogen-bond donors (Lipinski definition) is 2. The molecule has 2 fully saturated rings. The molecule has 2 atom stereocenters. The Morgan fingerprint density at radius 1 is 1.27 bits per heavy atom. The van der Waals surface area contributed by atoms with E-state index < -0.39 is 11.1 Å². The summed E-state index contributed by atoms with van der Waals surface area (Å²) in [7, 11) is 0. The number of nitrogens with one attached hydrogen (secondary N) is 1. The van der Waals surface area contributed by atoms with E-state index >= 15 is 0 Å². The van der Waals surface area contributed by atoms with Crippen molar-refractivity contribution in [3.63, 3.8) is 0 Å². The number of aromatic nitrogens is 4. The third-order valence-corrected chi connectivity index (χ3v) is 7.00. The van der Waals surface area contributed by atoms with Crippen molar-refractivity contribution >= 4 is 33.5 Å². The van der Waals surface area contributed by atoms with Crippen molar-refractivity contribution in [3.05, 3.63) is 30.1 Å². The average molecular weight is 472 g/mol. The Kier molecular flexibility index (Phi) is 6.28. The van der Waals surface area contributed by atoms with Gasteiger partial charge in [-0.3, -0.25) is 15.0 Å². The number of fused-ring (bicyclic) bond motifs is 1. The molecule has 2 aliphatic heterocycles. The Balaban J connectivity index is 1.62. The second kappa shape index (κ2) is 9.34. The van der Waals surface area contributed by atoms with Crippen LogP contribution < -0.4 is 9.80 Å². The van der Waals surface area contributed by atoms with Crippen LogP contribution in [0.4, 0.5) is 11.5 Å². The Hall–Kier alpha value is -2.60. The summed E-state index contributed by atoms with van der Waals surface area (Å²) in [4.78, 5) is 16.5. The molecule has 3 aromatic rings. The first-order valence-corrected chi connectivity index (χ1v) is 12.5. The number of anilines is 2. The first-order valence-electron chi connectivity index (χ1n) is 11.2. The molecule has 0 bridgehead atoms. The van der Waals surface area contributed by atoms with E-state index in [0.29, 0.717) is 13.2 Å². The number of nitrogens with zero attached hydrogens (tertiary/aromatic N) is 6. The molecule has 10 nitrogen and oxygen atoms in total. The van der Waals surface area contributed by atoms with Gasteiger partial charge in [-0.2, -0.15) is 5.10 Å². The van der Waals surface area contributed by atoms with Crippen LogP contribution in [-0.2, 0) is 15.8 Å². The van der Waals surface area contributed by atoms with Crippen LogP contribution in [0.1, 0.15) is 12.5 Å². The molecule has 0 aromatic carbocycles. The highest BCUT2D eigenvalue weighted by Crippen LogP contribution is 2.37. The van der Waals surface area contributed by atoms with Crippen LogP contribution in [0.25, 0.3) is 22.3 Å². The van der Waals surface area contributed by atoms with Gasteiger partial charge in [-0.25, -0.2) is 9.19 Å². The normalized spacial score (nSPS) is 21.0. The lowest BCUT2D eigenvalue weighted by molar-refractivity contribution is 0.0986. The number of aromatic amines is 1. The minimum atomic E-state index is -1.81. The molecule has 0 amide bonds. The van der Waals surface area contributed by atoms with Gasteiger partial charge in [0.05, 0.1) is 30.6 Å². The van der Waals surface area contributed by atoms with E-state index in [1.165, 1.54) is 0 Å². The first-order chi connectivity index (χ1) is 16.0. The van der Waals surface area contributed by atoms with Crippen molar-refractivity contribution in [2.45, 2.75) is 19.9 Å². The van der Waals surface area contributed by atoms with Crippen LogP contribution in [0.3, 0.4) is 0 Å². The van der Waals surface area contributed by atoms with E-state index in [4.69, 9.17) is 14.7 Å². The number of ether oxygens (including phenoxy) is 1. The van der Waals surface area contributed by atoms with Crippen molar-refractivity contribution in [3.8, 4) is 11.4 Å². The van der Waals surface area contributed by atoms with Crippen molar-refractivity contribution in [1.82, 2.24) is 25.1 Å². The van der Waals surface area contributed by atoms with Crippen molar-refractivity contribution < 1.29 is 13.5 Å². The fraction of sp³-hybridized carbons (Fsp3) is 0.500. The number of piperazine rings is 1. The van der Waals surface area contributed by atoms with E-state index in [1.807, 2.05) is 17.2 Å². The maximum absolute atomic E-state index is 11.3. The Labute approximate surface area is 195 Å². The summed E-state index contributed by atoms with van der Waals surface area (Å²) >= 11 is -1.81. The number of pyridine rings is 2. The lowest BCUT2D eigenvalue weighted by Crippen LogP contribution is -2.47.